The van der Waals surface area contributed by atoms with E-state index in [1.807, 2.05) is 31.2 Å². The Labute approximate surface area is 220 Å². The van der Waals surface area contributed by atoms with Crippen molar-refractivity contribution in [1.29, 1.82) is 0 Å². The van der Waals surface area contributed by atoms with Crippen LogP contribution in [0.5, 0.6) is 0 Å². The molecule has 4 rings (SSSR count). The first kappa shape index (κ1) is 28.5. The Kier molecular flexibility index (Phi) is 8.47. The van der Waals surface area contributed by atoms with Crippen LogP contribution in [0.2, 0.25) is 0 Å². The molecule has 0 aromatic heterocycles. The minimum absolute atomic E-state index is 0.206. The summed E-state index contributed by atoms with van der Waals surface area (Å²) in [6, 6.07) is 13.4. The van der Waals surface area contributed by atoms with Crippen LogP contribution in [0.15, 0.2) is 55.1 Å². The van der Waals surface area contributed by atoms with E-state index in [-0.39, 0.29) is 5.92 Å². The third kappa shape index (κ3) is 6.72. The number of rotatable bonds is 7. The summed E-state index contributed by atoms with van der Waals surface area (Å²) in [4.78, 5) is 3.63. The van der Waals surface area contributed by atoms with E-state index in [9.17, 15) is 26.3 Å². The second-order valence-corrected chi connectivity index (χ2v) is 10.2. The molecule has 0 atom stereocenters. The van der Waals surface area contributed by atoms with Crippen LogP contribution in [0.25, 0.3) is 5.70 Å². The van der Waals surface area contributed by atoms with Crippen LogP contribution in [0.4, 0.5) is 26.3 Å². The molecule has 0 aliphatic carbocycles. The number of likely N-dealkylation sites (tertiary alicyclic amines) is 2. The minimum Gasteiger partial charge on any atom is -0.371 e. The second kappa shape index (κ2) is 11.3. The number of ether oxygens (including phenoxy) is 1. The summed E-state index contributed by atoms with van der Waals surface area (Å²) in [5, 5.41) is 0. The third-order valence-electron chi connectivity index (χ3n) is 7.82. The van der Waals surface area contributed by atoms with Gasteiger partial charge in [0.15, 0.2) is 0 Å². The molecule has 0 saturated carbocycles. The summed E-state index contributed by atoms with van der Waals surface area (Å²) in [5.74, 6) is 0.206. The number of nitrogens with zero attached hydrogens (tertiary/aromatic N) is 2. The van der Waals surface area contributed by atoms with Gasteiger partial charge in [-0.05, 0) is 67.3 Å². The Balaban J connectivity index is 1.36. The van der Waals surface area contributed by atoms with Gasteiger partial charge in [0, 0.05) is 38.5 Å². The molecular formula is C29H34F6N2O. The number of benzene rings is 2. The predicted octanol–water partition coefficient (Wildman–Crippen LogP) is 7.45. The molecule has 2 aliphatic heterocycles. The van der Waals surface area contributed by atoms with Crippen LogP contribution in [-0.4, -0.2) is 55.3 Å². The standard InChI is InChI=1S/C29H34F6N2O/c1-3-38-27(14-18-36(19-15-27)20-28(30,31)32)25-8-4-22(5-9-25)21(2)37-16-12-24(13-17-37)23-6-10-26(11-7-23)29(33,34)35/h4-11,24H,2-3,12-20H2,1H3. The molecule has 2 aromatic carbocycles. The molecule has 0 radical (unpaired) electrons. The normalized spacial score (nSPS) is 19.5. The van der Waals surface area contributed by atoms with Crippen LogP contribution in [-0.2, 0) is 16.5 Å². The van der Waals surface area contributed by atoms with E-state index in [0.29, 0.717) is 32.5 Å². The van der Waals surface area contributed by atoms with Gasteiger partial charge < -0.3 is 9.64 Å². The first-order chi connectivity index (χ1) is 17.9. The predicted molar refractivity (Wildman–Crippen MR) is 136 cm³/mol. The Morgan fingerprint density at radius 1 is 0.895 bits per heavy atom. The van der Waals surface area contributed by atoms with E-state index < -0.39 is 30.1 Å². The van der Waals surface area contributed by atoms with Gasteiger partial charge in [-0.3, -0.25) is 4.90 Å². The fourth-order valence-electron chi connectivity index (χ4n) is 5.69. The van der Waals surface area contributed by atoms with Crippen molar-refractivity contribution in [2.75, 3.05) is 39.3 Å². The summed E-state index contributed by atoms with van der Waals surface area (Å²) in [6.07, 6.45) is -5.90. The summed E-state index contributed by atoms with van der Waals surface area (Å²) >= 11 is 0. The van der Waals surface area contributed by atoms with Crippen molar-refractivity contribution in [3.8, 4) is 0 Å². The fourth-order valence-corrected chi connectivity index (χ4v) is 5.69. The van der Waals surface area contributed by atoms with Gasteiger partial charge in [0.05, 0.1) is 17.7 Å². The van der Waals surface area contributed by atoms with Crippen molar-refractivity contribution in [2.45, 2.75) is 56.5 Å². The van der Waals surface area contributed by atoms with Gasteiger partial charge in [0.2, 0.25) is 0 Å². The lowest BCUT2D eigenvalue weighted by atomic mass is 9.83. The smallest absolute Gasteiger partial charge is 0.371 e. The molecule has 2 heterocycles. The lowest BCUT2D eigenvalue weighted by Crippen LogP contribution is -2.47. The SMILES string of the molecule is C=C(c1ccc(C2(OCC)CCN(CC(F)(F)F)CC2)cc1)N1CCC(c2ccc(C(F)(F)F)cc2)CC1. The molecular weight excluding hydrogens is 506 g/mol. The topological polar surface area (TPSA) is 15.7 Å². The van der Waals surface area contributed by atoms with Crippen LogP contribution in [0.1, 0.15) is 60.8 Å². The number of hydrogen-bond donors (Lipinski definition) is 0. The maximum Gasteiger partial charge on any atom is 0.416 e. The summed E-state index contributed by atoms with van der Waals surface area (Å²) in [7, 11) is 0. The van der Waals surface area contributed by atoms with E-state index in [2.05, 4.69) is 11.5 Å². The average Bonchev–Trinajstić information content (AvgIpc) is 2.89. The summed E-state index contributed by atoms with van der Waals surface area (Å²) in [6.45, 7) is 7.90. The van der Waals surface area contributed by atoms with Gasteiger partial charge >= 0.3 is 12.4 Å². The highest BCUT2D eigenvalue weighted by atomic mass is 19.4. The van der Waals surface area contributed by atoms with Gasteiger partial charge in [-0.25, -0.2) is 0 Å². The molecule has 0 amide bonds. The van der Waals surface area contributed by atoms with E-state index >= 15 is 0 Å². The highest BCUT2D eigenvalue weighted by molar-refractivity contribution is 5.62. The quantitative estimate of drug-likeness (QED) is 0.340. The van der Waals surface area contributed by atoms with Crippen LogP contribution < -0.4 is 0 Å². The second-order valence-electron chi connectivity index (χ2n) is 10.2. The van der Waals surface area contributed by atoms with Crippen molar-refractivity contribution in [1.82, 2.24) is 9.80 Å². The van der Waals surface area contributed by atoms with Crippen molar-refractivity contribution in [3.05, 3.63) is 77.4 Å². The zero-order valence-corrected chi connectivity index (χ0v) is 21.5. The zero-order valence-electron chi connectivity index (χ0n) is 21.5. The molecule has 208 valence electrons. The summed E-state index contributed by atoms with van der Waals surface area (Å²) < 4.78 is 83.2. The maximum atomic E-state index is 12.9. The highest BCUT2D eigenvalue weighted by Crippen LogP contribution is 2.39. The Morgan fingerprint density at radius 2 is 1.47 bits per heavy atom. The van der Waals surface area contributed by atoms with Crippen LogP contribution in [0.3, 0.4) is 0 Å². The molecule has 2 aliphatic rings. The Morgan fingerprint density at radius 3 is 1.97 bits per heavy atom. The van der Waals surface area contributed by atoms with Crippen molar-refractivity contribution < 1.29 is 31.1 Å². The molecule has 0 N–H and O–H groups in total. The van der Waals surface area contributed by atoms with Gasteiger partial charge in [-0.2, -0.15) is 26.3 Å². The molecule has 0 bridgehead atoms. The van der Waals surface area contributed by atoms with Crippen LogP contribution in [0, 0.1) is 0 Å². The molecule has 2 fully saturated rings. The molecule has 0 spiro atoms. The minimum atomic E-state index is -4.33. The summed E-state index contributed by atoms with van der Waals surface area (Å²) in [5.41, 5.74) is 2.50. The number of hydrogen-bond acceptors (Lipinski definition) is 3. The van der Waals surface area contributed by atoms with Gasteiger partial charge in [0.25, 0.3) is 0 Å². The molecule has 2 aromatic rings. The molecule has 3 nitrogen and oxygen atoms in total. The monoisotopic (exact) mass is 540 g/mol. The lowest BCUT2D eigenvalue weighted by molar-refractivity contribution is -0.159. The molecule has 38 heavy (non-hydrogen) atoms. The fraction of sp³-hybridized carbons (Fsp3) is 0.517. The number of piperidine rings is 2. The van der Waals surface area contributed by atoms with Crippen molar-refractivity contribution >= 4 is 5.70 Å². The van der Waals surface area contributed by atoms with Gasteiger partial charge in [-0.15, -0.1) is 0 Å². The maximum absolute atomic E-state index is 12.9. The zero-order chi connectivity index (χ0) is 27.6. The first-order valence-corrected chi connectivity index (χ1v) is 13.1. The van der Waals surface area contributed by atoms with Gasteiger partial charge in [0.1, 0.15) is 0 Å². The molecule has 0 unspecified atom stereocenters. The first-order valence-electron chi connectivity index (χ1n) is 13.1. The van der Waals surface area contributed by atoms with E-state index in [0.717, 1.165) is 60.5 Å². The largest absolute Gasteiger partial charge is 0.416 e. The Bertz CT molecular complexity index is 1060. The molecule has 9 heteroatoms. The van der Waals surface area contributed by atoms with E-state index in [1.165, 1.54) is 4.90 Å². The Hall–Kier alpha value is -2.52. The van der Waals surface area contributed by atoms with Crippen molar-refractivity contribution in [3.63, 3.8) is 0 Å². The van der Waals surface area contributed by atoms with Crippen molar-refractivity contribution in [2.24, 2.45) is 0 Å². The van der Waals surface area contributed by atoms with E-state index in [4.69, 9.17) is 4.74 Å². The van der Waals surface area contributed by atoms with E-state index in [1.54, 1.807) is 12.1 Å². The third-order valence-corrected chi connectivity index (χ3v) is 7.82. The van der Waals surface area contributed by atoms with Gasteiger partial charge in [-0.1, -0.05) is 43.0 Å². The highest BCUT2D eigenvalue weighted by Gasteiger charge is 2.40. The average molecular weight is 541 g/mol. The number of halogens is 6. The van der Waals surface area contributed by atoms with Crippen LogP contribution >= 0.6 is 0 Å². The number of alkyl halides is 6. The molecule has 2 saturated heterocycles. The lowest BCUT2D eigenvalue weighted by Gasteiger charge is -2.42.